The molecule has 3 nitrogen and oxygen atoms in total. The van der Waals surface area contributed by atoms with Gasteiger partial charge in [0, 0.05) is 17.1 Å². The molecule has 1 radical (unpaired) electrons. The summed E-state index contributed by atoms with van der Waals surface area (Å²) >= 11 is -3.76. The fraction of sp³-hybridized carbons (Fsp3) is 0. The molecule has 0 unspecified atom stereocenters. The maximum Gasteiger partial charge on any atom is 0.503 e. The predicted octanol–water partition coefficient (Wildman–Crippen LogP) is -5.93. The molecule has 0 aromatic heterocycles. The van der Waals surface area contributed by atoms with Gasteiger partial charge in [-0.1, -0.05) is 0 Å². The van der Waals surface area contributed by atoms with Crippen molar-refractivity contribution in [2.45, 2.75) is 0 Å². The molecule has 0 aromatic rings. The molecular formula is HCuIO3. The van der Waals surface area contributed by atoms with Crippen molar-refractivity contribution in [1.29, 1.82) is 0 Å². The maximum atomic E-state index is 8.68. The van der Waals surface area contributed by atoms with Crippen LogP contribution in [0.4, 0.5) is 0 Å². The second-order valence-corrected chi connectivity index (χ2v) is 1.35. The van der Waals surface area contributed by atoms with Crippen LogP contribution in [-0.2, 0) is 17.1 Å². The fourth-order valence-electron chi connectivity index (χ4n) is 0. The average molecular weight is 239 g/mol. The normalized spacial score (nSPS) is 7.20. The van der Waals surface area contributed by atoms with Gasteiger partial charge in [0.25, 0.3) is 0 Å². The van der Waals surface area contributed by atoms with Crippen LogP contribution in [0.25, 0.3) is 0 Å². The van der Waals surface area contributed by atoms with E-state index in [1.807, 2.05) is 0 Å². The van der Waals surface area contributed by atoms with Gasteiger partial charge in [-0.3, -0.25) is 0 Å². The molecule has 0 aliphatic rings. The molecule has 0 heterocycles. The first-order valence-corrected chi connectivity index (χ1v) is 3.20. The van der Waals surface area contributed by atoms with Gasteiger partial charge >= 0.3 is 21.1 Å². The van der Waals surface area contributed by atoms with Crippen molar-refractivity contribution in [1.82, 2.24) is 0 Å². The summed E-state index contributed by atoms with van der Waals surface area (Å²) in [6.07, 6.45) is 0. The van der Waals surface area contributed by atoms with E-state index in [9.17, 15) is 0 Å². The van der Waals surface area contributed by atoms with Crippen molar-refractivity contribution >= 4 is 0 Å². The first kappa shape index (κ1) is 9.46. The largest absolute Gasteiger partial charge is 0.503 e. The van der Waals surface area contributed by atoms with Gasteiger partial charge in [0.1, 0.15) is 0 Å². The molecule has 0 bridgehead atoms. The number of hydrogen-bond acceptors (Lipinski definition) is 3. The van der Waals surface area contributed by atoms with Crippen LogP contribution in [0.15, 0.2) is 0 Å². The molecule has 0 spiro atoms. The van der Waals surface area contributed by atoms with Crippen molar-refractivity contribution in [3.05, 3.63) is 0 Å². The molecule has 0 rings (SSSR count). The zero-order chi connectivity index (χ0) is 3.58. The minimum absolute atomic E-state index is 0. The van der Waals surface area contributed by atoms with Crippen LogP contribution in [0, 0.1) is 0 Å². The van der Waals surface area contributed by atoms with Gasteiger partial charge < -0.3 is 6.87 Å². The Hall–Kier alpha value is 1.13. The van der Waals surface area contributed by atoms with Crippen LogP contribution < -0.4 is 27.9 Å². The van der Waals surface area contributed by atoms with E-state index in [0.717, 1.165) is 0 Å². The van der Waals surface area contributed by atoms with Crippen molar-refractivity contribution in [3.8, 4) is 0 Å². The van der Waals surface area contributed by atoms with Crippen LogP contribution in [0.5, 0.6) is 0 Å². The first-order chi connectivity index (χ1) is 1.73. The zero-order valence-corrected chi connectivity index (χ0v) is 5.04. The summed E-state index contributed by atoms with van der Waals surface area (Å²) in [7, 11) is 0. The Balaban J connectivity index is 0. The maximum absolute atomic E-state index is 8.68. The third-order valence-electron chi connectivity index (χ3n) is 0. The van der Waals surface area contributed by atoms with Gasteiger partial charge in [-0.15, -0.1) is 0 Å². The Morgan fingerprint density at radius 2 is 1.40 bits per heavy atom. The molecule has 0 saturated heterocycles. The number of hydrogen-bond donors (Lipinski definition) is 1. The summed E-state index contributed by atoms with van der Waals surface area (Å²) in [5.74, 6) is 0. The topological polar surface area (TPSA) is 66.3 Å². The van der Waals surface area contributed by atoms with E-state index in [1.54, 1.807) is 0 Å². The molecule has 5 heavy (non-hydrogen) atoms. The minimum Gasteiger partial charge on any atom is -0.396 e. The molecule has 1 N–H and O–H groups in total. The SMILES string of the molecule is [Cu].[O-][I+2]([O-])O. The third kappa shape index (κ3) is 39.4. The van der Waals surface area contributed by atoms with Crippen molar-refractivity contribution < 1.29 is 48.4 Å². The second kappa shape index (κ2) is 5.13. The predicted molar refractivity (Wildman–Crippen MR) is 2.22 cm³/mol. The van der Waals surface area contributed by atoms with E-state index < -0.39 is 21.1 Å². The molecule has 0 saturated carbocycles. The van der Waals surface area contributed by atoms with E-state index >= 15 is 0 Å². The molecule has 0 atom stereocenters. The van der Waals surface area contributed by atoms with Gasteiger partial charge in [0.2, 0.25) is 0 Å². The van der Waals surface area contributed by atoms with Crippen molar-refractivity contribution in [2.24, 2.45) is 0 Å². The minimum atomic E-state index is -3.76. The molecule has 5 heteroatoms. The Morgan fingerprint density at radius 1 is 1.40 bits per heavy atom. The average Bonchev–Trinajstić information content (AvgIpc) is 0.811. The van der Waals surface area contributed by atoms with E-state index in [0.29, 0.717) is 0 Å². The fourth-order valence-corrected chi connectivity index (χ4v) is 0. The molecular weight excluding hydrogens is 238 g/mol. The third-order valence-corrected chi connectivity index (χ3v) is 0. The smallest absolute Gasteiger partial charge is 0.396 e. The van der Waals surface area contributed by atoms with Crippen molar-refractivity contribution in [3.63, 3.8) is 0 Å². The van der Waals surface area contributed by atoms with Crippen molar-refractivity contribution in [2.75, 3.05) is 0 Å². The molecule has 0 aromatic carbocycles. The standard InChI is InChI=1S/Cu.HIO3/c;2-1(3)4/h;2H. The van der Waals surface area contributed by atoms with E-state index in [1.165, 1.54) is 0 Å². The Morgan fingerprint density at radius 3 is 1.40 bits per heavy atom. The summed E-state index contributed by atoms with van der Waals surface area (Å²) in [5.41, 5.74) is 0. The zero-order valence-electron chi connectivity index (χ0n) is 1.94. The number of rotatable bonds is 0. The molecule has 0 aliphatic carbocycles. The van der Waals surface area contributed by atoms with Gasteiger partial charge in [-0.2, -0.15) is 0 Å². The van der Waals surface area contributed by atoms with Crippen LogP contribution in [0.3, 0.4) is 0 Å². The molecule has 0 fully saturated rings. The Kier molecular flexibility index (Phi) is 9.70. The van der Waals surface area contributed by atoms with Crippen LogP contribution in [-0.4, -0.2) is 3.44 Å². The summed E-state index contributed by atoms with van der Waals surface area (Å²) < 4.78 is 24.5. The first-order valence-electron chi connectivity index (χ1n) is 0.478. The summed E-state index contributed by atoms with van der Waals surface area (Å²) in [6, 6.07) is 0. The van der Waals surface area contributed by atoms with Crippen LogP contribution in [0.2, 0.25) is 0 Å². The van der Waals surface area contributed by atoms with E-state index in [2.05, 4.69) is 0 Å². The van der Waals surface area contributed by atoms with Crippen LogP contribution >= 0.6 is 0 Å². The van der Waals surface area contributed by atoms with Gasteiger partial charge in [-0.25, -0.2) is 0 Å². The van der Waals surface area contributed by atoms with E-state index in [-0.39, 0.29) is 17.1 Å². The van der Waals surface area contributed by atoms with E-state index in [4.69, 9.17) is 10.3 Å². The van der Waals surface area contributed by atoms with Crippen LogP contribution in [0.1, 0.15) is 0 Å². The second-order valence-electron chi connectivity index (χ2n) is 0.201. The van der Waals surface area contributed by atoms with Gasteiger partial charge in [-0.05, 0) is 3.44 Å². The molecule has 37 valence electrons. The molecule has 0 amide bonds. The summed E-state index contributed by atoms with van der Waals surface area (Å²) in [6.45, 7) is 0. The molecule has 0 aliphatic heterocycles. The monoisotopic (exact) mass is 239 g/mol. The summed E-state index contributed by atoms with van der Waals surface area (Å²) in [4.78, 5) is 0. The quantitative estimate of drug-likeness (QED) is 0.338. The summed E-state index contributed by atoms with van der Waals surface area (Å²) in [5, 5.41) is 0. The van der Waals surface area contributed by atoms with Gasteiger partial charge in [0.15, 0.2) is 0 Å². The van der Waals surface area contributed by atoms with Gasteiger partial charge in [0.05, 0.1) is 0 Å². The Bertz CT molecular complexity index is 11.6. The number of halogens is 1. The Labute approximate surface area is 48.5 Å².